The second-order valence-electron chi connectivity index (χ2n) is 6.29. The normalized spacial score (nSPS) is 21.2. The zero-order chi connectivity index (χ0) is 17.8. The molecule has 2 unspecified atom stereocenters. The van der Waals surface area contributed by atoms with Crippen molar-refractivity contribution in [1.82, 2.24) is 9.88 Å². The highest BCUT2D eigenvalue weighted by Gasteiger charge is 2.30. The molecule has 2 heterocycles. The largest absolute Gasteiger partial charge is 0.461 e. The van der Waals surface area contributed by atoms with Crippen LogP contribution in [0.2, 0.25) is 0 Å². The van der Waals surface area contributed by atoms with Crippen molar-refractivity contribution in [1.29, 1.82) is 0 Å². The number of esters is 1. The number of benzene rings is 1. The number of oxazole rings is 1. The Hall–Kier alpha value is -2.18. The molecule has 0 bridgehead atoms. The van der Waals surface area contributed by atoms with Crippen molar-refractivity contribution in [2.24, 2.45) is 0 Å². The minimum Gasteiger partial charge on any atom is -0.461 e. The Morgan fingerprint density at radius 3 is 2.56 bits per heavy atom. The summed E-state index contributed by atoms with van der Waals surface area (Å²) < 4.78 is 16.7. The summed E-state index contributed by atoms with van der Waals surface area (Å²) in [4.78, 5) is 19.0. The SMILES string of the molecule is CCOC(=O)c1nc(-c2ccccc2)oc1CN1C(C)COCC1C. The predicted octanol–water partition coefficient (Wildman–Crippen LogP) is 3.13. The maximum absolute atomic E-state index is 12.3. The van der Waals surface area contributed by atoms with E-state index in [1.165, 1.54) is 0 Å². The second-order valence-corrected chi connectivity index (χ2v) is 6.29. The van der Waals surface area contributed by atoms with Crippen LogP contribution in [0.15, 0.2) is 34.7 Å². The van der Waals surface area contributed by atoms with Crippen LogP contribution in [-0.4, -0.2) is 47.8 Å². The zero-order valence-corrected chi connectivity index (χ0v) is 14.9. The zero-order valence-electron chi connectivity index (χ0n) is 14.9. The molecule has 0 N–H and O–H groups in total. The van der Waals surface area contributed by atoms with Gasteiger partial charge in [-0.15, -0.1) is 0 Å². The predicted molar refractivity (Wildman–Crippen MR) is 93.2 cm³/mol. The van der Waals surface area contributed by atoms with Crippen LogP contribution in [0.3, 0.4) is 0 Å². The first kappa shape index (κ1) is 17.6. The topological polar surface area (TPSA) is 64.8 Å². The molecular weight excluding hydrogens is 320 g/mol. The van der Waals surface area contributed by atoms with E-state index in [2.05, 4.69) is 23.7 Å². The van der Waals surface area contributed by atoms with Gasteiger partial charge in [-0.2, -0.15) is 0 Å². The summed E-state index contributed by atoms with van der Waals surface area (Å²) >= 11 is 0. The molecule has 1 saturated heterocycles. The van der Waals surface area contributed by atoms with Crippen molar-refractivity contribution in [3.05, 3.63) is 41.8 Å². The number of ether oxygens (including phenoxy) is 2. The summed E-state index contributed by atoms with van der Waals surface area (Å²) in [5, 5.41) is 0. The van der Waals surface area contributed by atoms with E-state index < -0.39 is 5.97 Å². The molecule has 0 spiro atoms. The summed E-state index contributed by atoms with van der Waals surface area (Å²) in [6.07, 6.45) is 0. The molecule has 134 valence electrons. The Kier molecular flexibility index (Phi) is 5.50. The molecule has 0 amide bonds. The fourth-order valence-corrected chi connectivity index (χ4v) is 3.03. The minimum atomic E-state index is -0.447. The molecule has 1 aliphatic heterocycles. The van der Waals surface area contributed by atoms with Gasteiger partial charge in [0.25, 0.3) is 0 Å². The monoisotopic (exact) mass is 344 g/mol. The molecule has 0 aliphatic carbocycles. The van der Waals surface area contributed by atoms with Gasteiger partial charge in [-0.3, -0.25) is 4.90 Å². The van der Waals surface area contributed by atoms with Crippen molar-refractivity contribution in [3.63, 3.8) is 0 Å². The first-order valence-corrected chi connectivity index (χ1v) is 8.65. The van der Waals surface area contributed by atoms with Gasteiger partial charge in [0.1, 0.15) is 0 Å². The van der Waals surface area contributed by atoms with Crippen LogP contribution in [0.25, 0.3) is 11.5 Å². The Labute approximate surface area is 147 Å². The lowest BCUT2D eigenvalue weighted by Crippen LogP contribution is -2.48. The average molecular weight is 344 g/mol. The first-order valence-electron chi connectivity index (χ1n) is 8.65. The van der Waals surface area contributed by atoms with Crippen molar-refractivity contribution < 1.29 is 18.7 Å². The van der Waals surface area contributed by atoms with Crippen LogP contribution in [0.4, 0.5) is 0 Å². The molecule has 6 heteroatoms. The minimum absolute atomic E-state index is 0.240. The lowest BCUT2D eigenvalue weighted by Gasteiger charge is -2.38. The molecule has 0 saturated carbocycles. The van der Waals surface area contributed by atoms with Crippen LogP contribution >= 0.6 is 0 Å². The molecule has 6 nitrogen and oxygen atoms in total. The Morgan fingerprint density at radius 1 is 1.24 bits per heavy atom. The fourth-order valence-electron chi connectivity index (χ4n) is 3.03. The van der Waals surface area contributed by atoms with Crippen molar-refractivity contribution in [3.8, 4) is 11.5 Å². The van der Waals surface area contributed by atoms with Gasteiger partial charge in [-0.1, -0.05) is 18.2 Å². The summed E-state index contributed by atoms with van der Waals surface area (Å²) in [6.45, 7) is 8.12. The number of morpholine rings is 1. The van der Waals surface area contributed by atoms with E-state index in [0.717, 1.165) is 5.56 Å². The fraction of sp³-hybridized carbons (Fsp3) is 0.474. The standard InChI is InChI=1S/C19H24N2O4/c1-4-24-19(22)17-16(10-21-13(2)11-23-12-14(21)3)25-18(20-17)15-8-6-5-7-9-15/h5-9,13-14H,4,10-12H2,1-3H3. The van der Waals surface area contributed by atoms with Crippen LogP contribution in [0.5, 0.6) is 0 Å². The van der Waals surface area contributed by atoms with E-state index in [4.69, 9.17) is 13.9 Å². The molecule has 1 aromatic heterocycles. The van der Waals surface area contributed by atoms with E-state index in [-0.39, 0.29) is 17.8 Å². The lowest BCUT2D eigenvalue weighted by molar-refractivity contribution is -0.0436. The third-order valence-electron chi connectivity index (χ3n) is 4.36. The van der Waals surface area contributed by atoms with Crippen LogP contribution in [0, 0.1) is 0 Å². The van der Waals surface area contributed by atoms with Gasteiger partial charge >= 0.3 is 5.97 Å². The first-order chi connectivity index (χ1) is 12.1. The highest BCUT2D eigenvalue weighted by atomic mass is 16.5. The van der Waals surface area contributed by atoms with E-state index in [1.54, 1.807) is 6.92 Å². The van der Waals surface area contributed by atoms with Crippen LogP contribution in [0.1, 0.15) is 37.0 Å². The van der Waals surface area contributed by atoms with Crippen molar-refractivity contribution in [2.45, 2.75) is 39.4 Å². The second kappa shape index (κ2) is 7.80. The quantitative estimate of drug-likeness (QED) is 0.777. The van der Waals surface area contributed by atoms with E-state index in [0.29, 0.717) is 38.0 Å². The summed E-state index contributed by atoms with van der Waals surface area (Å²) in [5.41, 5.74) is 1.09. The molecule has 2 aromatic rings. The highest BCUT2D eigenvalue weighted by Crippen LogP contribution is 2.26. The van der Waals surface area contributed by atoms with E-state index >= 15 is 0 Å². The molecule has 3 rings (SSSR count). The lowest BCUT2D eigenvalue weighted by atomic mass is 10.1. The number of rotatable bonds is 5. The smallest absolute Gasteiger partial charge is 0.360 e. The molecule has 0 radical (unpaired) electrons. The van der Waals surface area contributed by atoms with Gasteiger partial charge < -0.3 is 13.9 Å². The number of aromatic nitrogens is 1. The van der Waals surface area contributed by atoms with Gasteiger partial charge in [-0.05, 0) is 32.9 Å². The number of carbonyl (C=O) groups excluding carboxylic acids is 1. The summed E-state index contributed by atoms with van der Waals surface area (Å²) in [5.74, 6) is 0.530. The van der Waals surface area contributed by atoms with Gasteiger partial charge in [0.05, 0.1) is 26.4 Å². The van der Waals surface area contributed by atoms with Crippen molar-refractivity contribution >= 4 is 5.97 Å². The molecule has 2 atom stereocenters. The number of carbonyl (C=O) groups is 1. The third kappa shape index (κ3) is 3.91. The molecule has 1 aromatic carbocycles. The number of nitrogens with zero attached hydrogens (tertiary/aromatic N) is 2. The van der Waals surface area contributed by atoms with E-state index in [1.807, 2.05) is 30.3 Å². The van der Waals surface area contributed by atoms with Gasteiger partial charge in [0.15, 0.2) is 11.5 Å². The summed E-state index contributed by atoms with van der Waals surface area (Å²) in [7, 11) is 0. The van der Waals surface area contributed by atoms with Crippen LogP contribution in [-0.2, 0) is 16.0 Å². The average Bonchev–Trinajstić information content (AvgIpc) is 3.03. The number of hydrogen-bond acceptors (Lipinski definition) is 6. The number of hydrogen-bond donors (Lipinski definition) is 0. The van der Waals surface area contributed by atoms with E-state index in [9.17, 15) is 4.79 Å². The summed E-state index contributed by atoms with van der Waals surface area (Å²) in [6, 6.07) is 10.0. The van der Waals surface area contributed by atoms with Crippen LogP contribution < -0.4 is 0 Å². The third-order valence-corrected chi connectivity index (χ3v) is 4.36. The van der Waals surface area contributed by atoms with Crippen molar-refractivity contribution in [2.75, 3.05) is 19.8 Å². The Bertz CT molecular complexity index is 703. The highest BCUT2D eigenvalue weighted by molar-refractivity contribution is 5.89. The maximum atomic E-state index is 12.3. The van der Waals surface area contributed by atoms with Gasteiger partial charge in [-0.25, -0.2) is 9.78 Å². The molecule has 25 heavy (non-hydrogen) atoms. The Morgan fingerprint density at radius 2 is 1.92 bits per heavy atom. The molecular formula is C19H24N2O4. The molecule has 1 aliphatic rings. The maximum Gasteiger partial charge on any atom is 0.360 e. The van der Waals surface area contributed by atoms with Gasteiger partial charge in [0, 0.05) is 17.6 Å². The molecule has 1 fully saturated rings. The van der Waals surface area contributed by atoms with Gasteiger partial charge in [0.2, 0.25) is 5.89 Å². The Balaban J connectivity index is 1.93.